The molecule has 1 saturated heterocycles. The number of furan rings is 1. The van der Waals surface area contributed by atoms with Crippen LogP contribution in [0.15, 0.2) is 34.7 Å². The van der Waals surface area contributed by atoms with Crippen LogP contribution in [-0.2, 0) is 6.42 Å². The van der Waals surface area contributed by atoms with Crippen LogP contribution in [0.2, 0.25) is 0 Å². The molecule has 3 heterocycles. The smallest absolute Gasteiger partial charge is 0.163 e. The van der Waals surface area contributed by atoms with Crippen LogP contribution in [0.4, 0.5) is 5.69 Å². The normalized spacial score (nSPS) is 14.2. The van der Waals surface area contributed by atoms with Gasteiger partial charge in [0.15, 0.2) is 17.3 Å². The van der Waals surface area contributed by atoms with Crippen molar-refractivity contribution in [2.24, 2.45) is 5.92 Å². The Kier molecular flexibility index (Phi) is 8.91. The maximum absolute atomic E-state index is 6.20. The van der Waals surface area contributed by atoms with Crippen molar-refractivity contribution in [3.8, 4) is 23.0 Å². The van der Waals surface area contributed by atoms with E-state index in [9.17, 15) is 0 Å². The van der Waals surface area contributed by atoms with E-state index in [1.807, 2.05) is 18.2 Å². The SMILES string of the molecule is CCc1ccc(-c2cc(NCC(CC)CC)c3cc(OC)c(OCCCN4CCCC4)cc3n2)o1. The minimum Gasteiger partial charge on any atom is -0.493 e. The summed E-state index contributed by atoms with van der Waals surface area (Å²) in [6.45, 7) is 11.7. The number of hydrogen-bond acceptors (Lipinski definition) is 6. The molecule has 1 N–H and O–H groups in total. The Morgan fingerprint density at radius 3 is 2.54 bits per heavy atom. The van der Waals surface area contributed by atoms with E-state index in [0.29, 0.717) is 12.5 Å². The average Bonchev–Trinajstić information content (AvgIpc) is 3.59. The number of benzene rings is 1. The second-order valence-corrected chi connectivity index (χ2v) is 9.51. The van der Waals surface area contributed by atoms with Crippen LogP contribution >= 0.6 is 0 Å². The lowest BCUT2D eigenvalue weighted by molar-refractivity contribution is 0.254. The van der Waals surface area contributed by atoms with Gasteiger partial charge in [0, 0.05) is 36.7 Å². The third kappa shape index (κ3) is 6.29. The Morgan fingerprint density at radius 1 is 1.06 bits per heavy atom. The molecule has 0 atom stereocenters. The van der Waals surface area contributed by atoms with Crippen LogP contribution < -0.4 is 14.8 Å². The van der Waals surface area contributed by atoms with Crippen molar-refractivity contribution in [1.82, 2.24) is 9.88 Å². The third-order valence-corrected chi connectivity index (χ3v) is 7.17. The van der Waals surface area contributed by atoms with Crippen LogP contribution in [0.1, 0.15) is 58.6 Å². The van der Waals surface area contributed by atoms with Gasteiger partial charge in [-0.3, -0.25) is 0 Å². The quantitative estimate of drug-likeness (QED) is 0.273. The highest BCUT2D eigenvalue weighted by Crippen LogP contribution is 2.37. The van der Waals surface area contributed by atoms with Gasteiger partial charge in [0.1, 0.15) is 11.5 Å². The first-order valence-corrected chi connectivity index (χ1v) is 13.4. The van der Waals surface area contributed by atoms with Gasteiger partial charge < -0.3 is 24.1 Å². The van der Waals surface area contributed by atoms with Crippen molar-refractivity contribution in [2.45, 2.75) is 59.3 Å². The Bertz CT molecular complexity index is 1080. The van der Waals surface area contributed by atoms with Crippen molar-refractivity contribution < 1.29 is 13.9 Å². The van der Waals surface area contributed by atoms with E-state index in [4.69, 9.17) is 18.9 Å². The maximum atomic E-state index is 6.20. The largest absolute Gasteiger partial charge is 0.493 e. The summed E-state index contributed by atoms with van der Waals surface area (Å²) in [5.41, 5.74) is 2.75. The van der Waals surface area contributed by atoms with Gasteiger partial charge in [-0.1, -0.05) is 33.6 Å². The van der Waals surface area contributed by atoms with Crippen molar-refractivity contribution >= 4 is 16.6 Å². The van der Waals surface area contributed by atoms with E-state index in [1.54, 1.807) is 7.11 Å². The number of anilines is 1. The molecular formula is C29H41N3O3. The van der Waals surface area contributed by atoms with Crippen molar-refractivity contribution in [3.05, 3.63) is 36.1 Å². The summed E-state index contributed by atoms with van der Waals surface area (Å²) in [4.78, 5) is 7.49. The van der Waals surface area contributed by atoms with Crippen molar-refractivity contribution in [3.63, 3.8) is 0 Å². The molecule has 0 spiro atoms. The number of nitrogens with one attached hydrogen (secondary N) is 1. The predicted molar refractivity (Wildman–Crippen MR) is 144 cm³/mol. The second-order valence-electron chi connectivity index (χ2n) is 9.51. The number of fused-ring (bicyclic) bond motifs is 1. The number of likely N-dealkylation sites (tertiary alicyclic amines) is 1. The Hall–Kier alpha value is -2.73. The van der Waals surface area contributed by atoms with Gasteiger partial charge in [-0.15, -0.1) is 0 Å². The zero-order valence-electron chi connectivity index (χ0n) is 21.9. The molecule has 0 unspecified atom stereocenters. The fraction of sp³-hybridized carbons (Fsp3) is 0.552. The Balaban J connectivity index is 1.63. The standard InChI is InChI=1S/C29H41N3O3/c1-5-21(6-2)20-30-24-18-26(27-12-11-22(7-3)35-27)31-25-19-29(28(33-4)17-23(24)25)34-16-10-15-32-13-8-9-14-32/h11-12,17-19,21H,5-10,13-16,20H2,1-4H3,(H,30,31). The number of methoxy groups -OCH3 is 1. The first kappa shape index (κ1) is 25.4. The zero-order chi connectivity index (χ0) is 24.6. The molecule has 1 fully saturated rings. The summed E-state index contributed by atoms with van der Waals surface area (Å²) in [7, 11) is 1.70. The molecule has 1 aliphatic rings. The van der Waals surface area contributed by atoms with Gasteiger partial charge in [0.2, 0.25) is 0 Å². The van der Waals surface area contributed by atoms with E-state index in [-0.39, 0.29) is 0 Å². The minimum absolute atomic E-state index is 0.622. The van der Waals surface area contributed by atoms with E-state index in [1.165, 1.54) is 25.9 Å². The molecule has 0 saturated carbocycles. The molecule has 35 heavy (non-hydrogen) atoms. The molecule has 1 aromatic carbocycles. The number of hydrogen-bond donors (Lipinski definition) is 1. The summed E-state index contributed by atoms with van der Waals surface area (Å²) >= 11 is 0. The van der Waals surface area contributed by atoms with Crippen LogP contribution in [0, 0.1) is 5.92 Å². The Morgan fingerprint density at radius 2 is 1.86 bits per heavy atom. The summed E-state index contributed by atoms with van der Waals surface area (Å²) in [6.07, 6.45) is 6.79. The van der Waals surface area contributed by atoms with Crippen LogP contribution in [0.3, 0.4) is 0 Å². The molecule has 190 valence electrons. The summed E-state index contributed by atoms with van der Waals surface area (Å²) in [5.74, 6) is 3.86. The van der Waals surface area contributed by atoms with E-state index >= 15 is 0 Å². The molecule has 3 aromatic rings. The lowest BCUT2D eigenvalue weighted by Crippen LogP contribution is -2.21. The first-order valence-electron chi connectivity index (χ1n) is 13.4. The number of ether oxygens (including phenoxy) is 2. The van der Waals surface area contributed by atoms with Crippen LogP contribution in [-0.4, -0.2) is 49.8 Å². The monoisotopic (exact) mass is 479 g/mol. The summed E-state index contributed by atoms with van der Waals surface area (Å²) in [6, 6.07) is 10.2. The third-order valence-electron chi connectivity index (χ3n) is 7.17. The van der Waals surface area contributed by atoms with Crippen LogP contribution in [0.25, 0.3) is 22.4 Å². The fourth-order valence-corrected chi connectivity index (χ4v) is 4.79. The highest BCUT2D eigenvalue weighted by molar-refractivity contribution is 5.95. The summed E-state index contributed by atoms with van der Waals surface area (Å²) in [5, 5.41) is 4.72. The number of aromatic nitrogens is 1. The number of nitrogens with zero attached hydrogens (tertiary/aromatic N) is 2. The topological polar surface area (TPSA) is 59.8 Å². The predicted octanol–water partition coefficient (Wildman–Crippen LogP) is 6.78. The highest BCUT2D eigenvalue weighted by Gasteiger charge is 2.16. The molecule has 0 bridgehead atoms. The van der Waals surface area contributed by atoms with Crippen molar-refractivity contribution in [2.75, 3.05) is 45.2 Å². The molecule has 1 aliphatic heterocycles. The minimum atomic E-state index is 0.622. The fourth-order valence-electron chi connectivity index (χ4n) is 4.79. The highest BCUT2D eigenvalue weighted by atomic mass is 16.5. The van der Waals surface area contributed by atoms with E-state index in [2.05, 4.69) is 43.1 Å². The number of pyridine rings is 1. The number of aryl methyl sites for hydroxylation is 1. The average molecular weight is 480 g/mol. The number of rotatable bonds is 13. The lowest BCUT2D eigenvalue weighted by atomic mass is 10.0. The van der Waals surface area contributed by atoms with E-state index < -0.39 is 0 Å². The molecule has 0 amide bonds. The van der Waals surface area contributed by atoms with Gasteiger partial charge in [-0.2, -0.15) is 0 Å². The molecule has 6 heteroatoms. The van der Waals surface area contributed by atoms with Gasteiger partial charge in [-0.25, -0.2) is 4.98 Å². The van der Waals surface area contributed by atoms with Crippen LogP contribution in [0.5, 0.6) is 11.5 Å². The van der Waals surface area contributed by atoms with Gasteiger partial charge in [0.25, 0.3) is 0 Å². The molecule has 4 rings (SSSR count). The molecule has 6 nitrogen and oxygen atoms in total. The molecule has 2 aromatic heterocycles. The molecular weight excluding hydrogens is 438 g/mol. The van der Waals surface area contributed by atoms with Gasteiger partial charge in [-0.05, 0) is 62.5 Å². The maximum Gasteiger partial charge on any atom is 0.163 e. The second kappa shape index (κ2) is 12.3. The zero-order valence-corrected chi connectivity index (χ0v) is 21.9. The molecule has 0 aliphatic carbocycles. The van der Waals surface area contributed by atoms with E-state index in [0.717, 1.165) is 84.1 Å². The molecule has 0 radical (unpaired) electrons. The lowest BCUT2D eigenvalue weighted by Gasteiger charge is -2.18. The summed E-state index contributed by atoms with van der Waals surface area (Å²) < 4.78 is 18.0. The first-order chi connectivity index (χ1) is 17.1. The Labute approximate surface area is 210 Å². The van der Waals surface area contributed by atoms with Gasteiger partial charge in [0.05, 0.1) is 19.2 Å². The van der Waals surface area contributed by atoms with Gasteiger partial charge >= 0.3 is 0 Å². The van der Waals surface area contributed by atoms with Crippen molar-refractivity contribution in [1.29, 1.82) is 0 Å².